The summed E-state index contributed by atoms with van der Waals surface area (Å²) in [6.07, 6.45) is 9.81. The van der Waals surface area contributed by atoms with E-state index in [2.05, 4.69) is 34.2 Å². The number of hydrogen-bond acceptors (Lipinski definition) is 5. The van der Waals surface area contributed by atoms with Crippen LogP contribution in [0, 0.1) is 0 Å². The lowest BCUT2D eigenvalue weighted by Gasteiger charge is -2.49. The zero-order chi connectivity index (χ0) is 20.9. The van der Waals surface area contributed by atoms with E-state index in [1.165, 1.54) is 0 Å². The highest BCUT2D eigenvalue weighted by molar-refractivity contribution is 5.77. The summed E-state index contributed by atoms with van der Waals surface area (Å²) in [5.41, 5.74) is 0.137. The molecule has 1 saturated carbocycles. The van der Waals surface area contributed by atoms with Gasteiger partial charge in [0.05, 0.1) is 19.3 Å². The number of methoxy groups -OCH3 is 1. The van der Waals surface area contributed by atoms with Crippen LogP contribution in [0.2, 0.25) is 0 Å². The standard InChI is InChI=1S/C25H30N2O3/c1-29-24(20-28)16-17-26-18-25(24,30-23-14-8-9-15-23)19-27(21-10-4-2-5-11-21)22-12-6-3-7-13-22/h2-7,10-13,16-18,23,28H,8-9,14-15,19-20H2,1H3. The first-order valence-corrected chi connectivity index (χ1v) is 10.7. The molecule has 0 spiro atoms. The number of aliphatic hydroxyl groups is 1. The lowest BCUT2D eigenvalue weighted by Crippen LogP contribution is -2.65. The van der Waals surface area contributed by atoms with Gasteiger partial charge in [-0.1, -0.05) is 49.2 Å². The van der Waals surface area contributed by atoms with E-state index in [-0.39, 0.29) is 12.7 Å². The van der Waals surface area contributed by atoms with E-state index in [1.54, 1.807) is 13.3 Å². The maximum atomic E-state index is 10.5. The molecule has 2 aliphatic rings. The topological polar surface area (TPSA) is 54.3 Å². The Balaban J connectivity index is 1.79. The highest BCUT2D eigenvalue weighted by Gasteiger charge is 2.54. The average Bonchev–Trinajstić information content (AvgIpc) is 3.32. The minimum Gasteiger partial charge on any atom is -0.393 e. The molecule has 0 radical (unpaired) electrons. The van der Waals surface area contributed by atoms with Gasteiger partial charge in [0.25, 0.3) is 0 Å². The van der Waals surface area contributed by atoms with E-state index < -0.39 is 11.2 Å². The average molecular weight is 407 g/mol. The van der Waals surface area contributed by atoms with E-state index in [0.717, 1.165) is 37.1 Å². The van der Waals surface area contributed by atoms with Crippen molar-refractivity contribution in [1.82, 2.24) is 0 Å². The van der Waals surface area contributed by atoms with Crippen molar-refractivity contribution in [1.29, 1.82) is 0 Å². The van der Waals surface area contributed by atoms with Gasteiger partial charge in [-0.15, -0.1) is 0 Å². The molecule has 4 rings (SSSR count). The number of para-hydroxylation sites is 2. The number of rotatable bonds is 8. The van der Waals surface area contributed by atoms with E-state index in [9.17, 15) is 5.11 Å². The number of ether oxygens (including phenoxy) is 2. The molecular weight excluding hydrogens is 376 g/mol. The third kappa shape index (κ3) is 3.93. The molecule has 2 aromatic carbocycles. The van der Waals surface area contributed by atoms with Crippen molar-refractivity contribution in [3.8, 4) is 0 Å². The first-order valence-electron chi connectivity index (χ1n) is 10.7. The van der Waals surface area contributed by atoms with Crippen LogP contribution in [0.1, 0.15) is 25.7 Å². The fourth-order valence-electron chi connectivity index (χ4n) is 4.50. The number of aliphatic imine (C=N–C) groups is 1. The van der Waals surface area contributed by atoms with Gasteiger partial charge in [-0.3, -0.25) is 4.99 Å². The third-order valence-corrected chi connectivity index (χ3v) is 6.24. The summed E-state index contributed by atoms with van der Waals surface area (Å²) in [7, 11) is 1.63. The predicted molar refractivity (Wildman–Crippen MR) is 120 cm³/mol. The third-order valence-electron chi connectivity index (χ3n) is 6.24. The van der Waals surface area contributed by atoms with Gasteiger partial charge in [0.2, 0.25) is 0 Å². The lowest BCUT2D eigenvalue weighted by molar-refractivity contribution is -0.169. The van der Waals surface area contributed by atoms with Crippen molar-refractivity contribution in [2.45, 2.75) is 43.0 Å². The summed E-state index contributed by atoms with van der Waals surface area (Å²) in [6, 6.07) is 20.5. The van der Waals surface area contributed by atoms with Gasteiger partial charge in [0.15, 0.2) is 5.60 Å². The van der Waals surface area contributed by atoms with E-state index in [1.807, 2.05) is 48.7 Å². The molecule has 1 aliphatic heterocycles. The number of benzene rings is 2. The van der Waals surface area contributed by atoms with Crippen LogP contribution in [0.5, 0.6) is 0 Å². The fraction of sp³-hybridized carbons (Fsp3) is 0.400. The molecule has 2 aromatic rings. The first-order chi connectivity index (χ1) is 14.7. The summed E-state index contributed by atoms with van der Waals surface area (Å²) in [5, 5.41) is 10.5. The summed E-state index contributed by atoms with van der Waals surface area (Å²) in [5.74, 6) is 0. The maximum absolute atomic E-state index is 10.5. The molecule has 1 aliphatic carbocycles. The molecule has 2 atom stereocenters. The summed E-state index contributed by atoms with van der Waals surface area (Å²) in [6.45, 7) is 0.260. The van der Waals surface area contributed by atoms with E-state index in [4.69, 9.17) is 9.47 Å². The van der Waals surface area contributed by atoms with Crippen molar-refractivity contribution in [2.24, 2.45) is 4.99 Å². The number of aliphatic hydroxyl groups excluding tert-OH is 1. The van der Waals surface area contributed by atoms with Gasteiger partial charge in [-0.25, -0.2) is 0 Å². The quantitative estimate of drug-likeness (QED) is 0.701. The van der Waals surface area contributed by atoms with Crippen LogP contribution in [-0.4, -0.2) is 48.9 Å². The normalized spacial score (nSPS) is 26.2. The van der Waals surface area contributed by atoms with Gasteiger partial charge in [0.1, 0.15) is 5.60 Å². The van der Waals surface area contributed by atoms with E-state index in [0.29, 0.717) is 6.54 Å². The molecular formula is C25H30N2O3. The second-order valence-electron chi connectivity index (χ2n) is 8.02. The Morgan fingerprint density at radius 2 is 1.57 bits per heavy atom. The zero-order valence-electron chi connectivity index (χ0n) is 17.5. The Hall–Kier alpha value is -2.47. The predicted octanol–water partition coefficient (Wildman–Crippen LogP) is 4.50. The minimum atomic E-state index is -1.01. The van der Waals surface area contributed by atoms with Gasteiger partial charge in [-0.2, -0.15) is 0 Å². The molecule has 2 unspecified atom stereocenters. The van der Waals surface area contributed by atoms with Crippen LogP contribution in [0.4, 0.5) is 11.4 Å². The Kier molecular flexibility index (Phi) is 6.32. The Morgan fingerprint density at radius 1 is 0.967 bits per heavy atom. The second kappa shape index (κ2) is 9.13. The molecule has 30 heavy (non-hydrogen) atoms. The summed E-state index contributed by atoms with van der Waals surface area (Å²) in [4.78, 5) is 6.67. The van der Waals surface area contributed by atoms with Crippen LogP contribution in [-0.2, 0) is 9.47 Å². The van der Waals surface area contributed by atoms with Crippen LogP contribution < -0.4 is 4.90 Å². The Bertz CT molecular complexity index is 819. The number of anilines is 2. The van der Waals surface area contributed by atoms with Crippen molar-refractivity contribution in [2.75, 3.05) is 25.2 Å². The molecule has 5 heteroatoms. The van der Waals surface area contributed by atoms with Crippen molar-refractivity contribution in [3.63, 3.8) is 0 Å². The van der Waals surface area contributed by atoms with Crippen molar-refractivity contribution >= 4 is 17.6 Å². The van der Waals surface area contributed by atoms with Crippen LogP contribution in [0.25, 0.3) is 0 Å². The minimum absolute atomic E-state index is 0.123. The number of nitrogens with zero attached hydrogens (tertiary/aromatic N) is 2. The maximum Gasteiger partial charge on any atom is 0.156 e. The van der Waals surface area contributed by atoms with Crippen molar-refractivity contribution in [3.05, 3.63) is 72.9 Å². The van der Waals surface area contributed by atoms with Gasteiger partial charge in [-0.05, 0) is 43.2 Å². The molecule has 0 saturated heterocycles. The fourth-order valence-corrected chi connectivity index (χ4v) is 4.50. The Labute approximate surface area is 178 Å². The molecule has 1 heterocycles. The van der Waals surface area contributed by atoms with Crippen LogP contribution in [0.3, 0.4) is 0 Å². The second-order valence-corrected chi connectivity index (χ2v) is 8.02. The molecule has 158 valence electrons. The van der Waals surface area contributed by atoms with Crippen LogP contribution >= 0.6 is 0 Å². The van der Waals surface area contributed by atoms with Crippen LogP contribution in [0.15, 0.2) is 77.9 Å². The largest absolute Gasteiger partial charge is 0.393 e. The van der Waals surface area contributed by atoms with Gasteiger partial charge in [0, 0.05) is 30.9 Å². The molecule has 1 fully saturated rings. The smallest absolute Gasteiger partial charge is 0.156 e. The highest BCUT2D eigenvalue weighted by Crippen LogP contribution is 2.39. The monoisotopic (exact) mass is 406 g/mol. The zero-order valence-corrected chi connectivity index (χ0v) is 17.5. The summed E-state index contributed by atoms with van der Waals surface area (Å²) < 4.78 is 12.7. The number of hydrogen-bond donors (Lipinski definition) is 1. The SMILES string of the molecule is COC1(CO)C=CN=CC1(CN(c1ccccc1)c1ccccc1)OC1CCCC1. The molecule has 1 N–H and O–H groups in total. The highest BCUT2D eigenvalue weighted by atomic mass is 16.6. The van der Waals surface area contributed by atoms with Crippen molar-refractivity contribution < 1.29 is 14.6 Å². The summed E-state index contributed by atoms with van der Waals surface area (Å²) >= 11 is 0. The molecule has 0 aromatic heterocycles. The lowest BCUT2D eigenvalue weighted by atomic mass is 9.80. The first kappa shape index (κ1) is 20.8. The molecule has 5 nitrogen and oxygen atoms in total. The molecule has 0 amide bonds. The Morgan fingerprint density at radius 3 is 2.10 bits per heavy atom. The van der Waals surface area contributed by atoms with E-state index >= 15 is 0 Å². The van der Waals surface area contributed by atoms with Gasteiger partial charge < -0.3 is 19.5 Å². The molecule has 0 bridgehead atoms. The van der Waals surface area contributed by atoms with Gasteiger partial charge >= 0.3 is 0 Å².